The molecule has 0 saturated heterocycles. The molecule has 0 N–H and O–H groups in total. The smallest absolute Gasteiger partial charge is 0.295 e. The molecule has 0 heterocycles. The van der Waals surface area contributed by atoms with E-state index in [2.05, 4.69) is 4.99 Å². The van der Waals surface area contributed by atoms with Crippen LogP contribution in [0.3, 0.4) is 0 Å². The van der Waals surface area contributed by atoms with Crippen LogP contribution in [-0.4, -0.2) is 23.5 Å². The Balaban J connectivity index is 2.16. The van der Waals surface area contributed by atoms with E-state index in [-0.39, 0.29) is 6.29 Å². The van der Waals surface area contributed by atoms with Crippen LogP contribution in [0.2, 0.25) is 0 Å². The Bertz CT molecular complexity index is 497. The van der Waals surface area contributed by atoms with E-state index in [1.165, 1.54) is 24.0 Å². The zero-order valence-corrected chi connectivity index (χ0v) is 9.91. The van der Waals surface area contributed by atoms with Crippen molar-refractivity contribution in [1.82, 2.24) is 0 Å². The van der Waals surface area contributed by atoms with Crippen molar-refractivity contribution in [2.45, 2.75) is 31.7 Å². The van der Waals surface area contributed by atoms with Crippen LogP contribution in [-0.2, 0) is 17.6 Å². The number of fused-ring (bicyclic) bond motifs is 1. The quantitative estimate of drug-likeness (QED) is 0.353. The third-order valence-electron chi connectivity index (χ3n) is 3.09. The van der Waals surface area contributed by atoms with Gasteiger partial charge < -0.3 is 0 Å². The molecule has 1 aliphatic carbocycles. The number of nitrogens with zero attached hydrogens (tertiary/aromatic N) is 2. The summed E-state index contributed by atoms with van der Waals surface area (Å²) in [6, 6.07) is 4.44. The van der Waals surface area contributed by atoms with Crippen LogP contribution in [0.1, 0.15) is 24.0 Å². The Morgan fingerprint density at radius 3 is 2.67 bits per heavy atom. The molecule has 2 rings (SSSR count). The lowest BCUT2D eigenvalue weighted by atomic mass is 9.91. The summed E-state index contributed by atoms with van der Waals surface area (Å²) in [5.41, 5.74) is 3.27. The van der Waals surface area contributed by atoms with E-state index in [0.29, 0.717) is 5.69 Å². The fourth-order valence-electron chi connectivity index (χ4n) is 2.10. The maximum Gasteiger partial charge on any atom is 0.302 e. The summed E-state index contributed by atoms with van der Waals surface area (Å²) < 4.78 is 0. The Morgan fingerprint density at radius 2 is 2.00 bits per heavy atom. The van der Waals surface area contributed by atoms with Crippen LogP contribution in [0.4, 0.5) is 5.69 Å². The first kappa shape index (κ1) is 12.4. The molecule has 1 atom stereocenters. The van der Waals surface area contributed by atoms with Gasteiger partial charge in [0.1, 0.15) is 0 Å². The van der Waals surface area contributed by atoms with Crippen molar-refractivity contribution in [3.63, 3.8) is 0 Å². The molecule has 5 nitrogen and oxygen atoms in total. The lowest BCUT2D eigenvalue weighted by Crippen LogP contribution is -2.22. The lowest BCUT2D eigenvalue weighted by Gasteiger charge is -2.15. The molecule has 1 unspecified atom stereocenters. The SMILES string of the molecule is O=CC(C=Nc1ccc2c(c1)CCCC2)[N+](=O)[O-]. The van der Waals surface area contributed by atoms with E-state index in [1.54, 1.807) is 0 Å². The molecule has 0 saturated carbocycles. The summed E-state index contributed by atoms with van der Waals surface area (Å²) in [7, 11) is 0. The zero-order chi connectivity index (χ0) is 13.0. The lowest BCUT2D eigenvalue weighted by molar-refractivity contribution is -0.485. The van der Waals surface area contributed by atoms with Gasteiger partial charge >= 0.3 is 6.04 Å². The predicted octanol–water partition coefficient (Wildman–Crippen LogP) is 2.11. The highest BCUT2D eigenvalue weighted by molar-refractivity contribution is 5.84. The molecule has 0 spiro atoms. The molecule has 1 aromatic rings. The standard InChI is InChI=1S/C13H14N2O3/c16-9-13(15(17)18)8-14-12-6-5-10-3-1-2-4-11(10)7-12/h5-9,13H,1-4H2. The Morgan fingerprint density at radius 1 is 1.28 bits per heavy atom. The molecule has 1 aliphatic rings. The second-order valence-corrected chi connectivity index (χ2v) is 4.35. The number of benzene rings is 1. The van der Waals surface area contributed by atoms with Crippen molar-refractivity contribution in [1.29, 1.82) is 0 Å². The average Bonchev–Trinajstić information content (AvgIpc) is 2.39. The maximum absolute atomic E-state index is 10.5. The second-order valence-electron chi connectivity index (χ2n) is 4.35. The summed E-state index contributed by atoms with van der Waals surface area (Å²) in [6.07, 6.45) is 5.87. The number of rotatable bonds is 4. The van der Waals surface area contributed by atoms with Gasteiger partial charge in [-0.25, -0.2) is 0 Å². The highest BCUT2D eigenvalue weighted by Crippen LogP contribution is 2.25. The molecular formula is C13H14N2O3. The van der Waals surface area contributed by atoms with Gasteiger partial charge in [-0.1, -0.05) is 6.07 Å². The van der Waals surface area contributed by atoms with Crippen LogP contribution < -0.4 is 0 Å². The third kappa shape index (κ3) is 2.80. The number of carbonyl (C=O) groups excluding carboxylic acids is 1. The molecule has 0 amide bonds. The van der Waals surface area contributed by atoms with E-state index in [0.717, 1.165) is 19.1 Å². The summed E-state index contributed by atoms with van der Waals surface area (Å²) in [5, 5.41) is 10.5. The number of nitro groups is 1. The zero-order valence-electron chi connectivity index (χ0n) is 9.91. The van der Waals surface area contributed by atoms with Gasteiger partial charge in [0.15, 0.2) is 6.29 Å². The molecule has 18 heavy (non-hydrogen) atoms. The molecule has 1 aromatic carbocycles. The summed E-state index contributed by atoms with van der Waals surface area (Å²) in [5.74, 6) is 0. The van der Waals surface area contributed by atoms with E-state index in [9.17, 15) is 14.9 Å². The third-order valence-corrected chi connectivity index (χ3v) is 3.09. The predicted molar refractivity (Wildman–Crippen MR) is 68.1 cm³/mol. The number of aliphatic imine (C=N–C) groups is 1. The van der Waals surface area contributed by atoms with Crippen LogP contribution in [0.15, 0.2) is 23.2 Å². The molecule has 0 bridgehead atoms. The minimum atomic E-state index is -1.36. The Kier molecular flexibility index (Phi) is 3.82. The average molecular weight is 246 g/mol. The molecule has 0 radical (unpaired) electrons. The first-order chi connectivity index (χ1) is 8.70. The fourth-order valence-corrected chi connectivity index (χ4v) is 2.10. The minimum Gasteiger partial charge on any atom is -0.295 e. The van der Waals surface area contributed by atoms with Crippen LogP contribution in [0, 0.1) is 10.1 Å². The topological polar surface area (TPSA) is 72.6 Å². The van der Waals surface area contributed by atoms with Gasteiger partial charge in [-0.3, -0.25) is 19.9 Å². The molecule has 94 valence electrons. The van der Waals surface area contributed by atoms with Crippen LogP contribution in [0.25, 0.3) is 0 Å². The van der Waals surface area contributed by atoms with Crippen LogP contribution in [0.5, 0.6) is 0 Å². The highest BCUT2D eigenvalue weighted by atomic mass is 16.6. The Hall–Kier alpha value is -2.04. The molecule has 0 aliphatic heterocycles. The summed E-state index contributed by atoms with van der Waals surface area (Å²) in [6.45, 7) is 0. The molecular weight excluding hydrogens is 232 g/mol. The normalized spacial score (nSPS) is 16.2. The Labute approximate surface area is 105 Å². The first-order valence-corrected chi connectivity index (χ1v) is 5.95. The second kappa shape index (κ2) is 5.53. The highest BCUT2D eigenvalue weighted by Gasteiger charge is 2.15. The van der Waals surface area contributed by atoms with Gasteiger partial charge in [-0.15, -0.1) is 0 Å². The van der Waals surface area contributed by atoms with E-state index < -0.39 is 11.0 Å². The van der Waals surface area contributed by atoms with E-state index in [1.807, 2.05) is 18.2 Å². The van der Waals surface area contributed by atoms with Gasteiger partial charge in [-0.2, -0.15) is 0 Å². The number of hydrogen-bond acceptors (Lipinski definition) is 4. The number of aldehydes is 1. The number of hydrogen-bond donors (Lipinski definition) is 0. The minimum absolute atomic E-state index is 0.280. The largest absolute Gasteiger partial charge is 0.302 e. The maximum atomic E-state index is 10.5. The molecule has 0 aromatic heterocycles. The van der Waals surface area contributed by atoms with E-state index >= 15 is 0 Å². The van der Waals surface area contributed by atoms with E-state index in [4.69, 9.17) is 0 Å². The number of carbonyl (C=O) groups is 1. The fraction of sp³-hybridized carbons (Fsp3) is 0.385. The van der Waals surface area contributed by atoms with Gasteiger partial charge in [-0.05, 0) is 48.9 Å². The van der Waals surface area contributed by atoms with Crippen molar-refractivity contribution in [2.24, 2.45) is 4.99 Å². The van der Waals surface area contributed by atoms with Crippen molar-refractivity contribution in [2.75, 3.05) is 0 Å². The number of aryl methyl sites for hydroxylation is 2. The monoisotopic (exact) mass is 246 g/mol. The molecule has 5 heteroatoms. The molecule has 0 fully saturated rings. The van der Waals surface area contributed by atoms with Crippen molar-refractivity contribution in [3.05, 3.63) is 39.4 Å². The van der Waals surface area contributed by atoms with Crippen LogP contribution >= 0.6 is 0 Å². The van der Waals surface area contributed by atoms with Crippen molar-refractivity contribution >= 4 is 18.2 Å². The van der Waals surface area contributed by atoms with Gasteiger partial charge in [0.2, 0.25) is 0 Å². The van der Waals surface area contributed by atoms with Gasteiger partial charge in [0.25, 0.3) is 0 Å². The summed E-state index contributed by atoms with van der Waals surface area (Å²) >= 11 is 0. The van der Waals surface area contributed by atoms with Crippen molar-refractivity contribution < 1.29 is 9.72 Å². The van der Waals surface area contributed by atoms with Gasteiger partial charge in [0, 0.05) is 4.92 Å². The summed E-state index contributed by atoms with van der Waals surface area (Å²) in [4.78, 5) is 24.3. The first-order valence-electron chi connectivity index (χ1n) is 5.95. The van der Waals surface area contributed by atoms with Gasteiger partial charge in [0.05, 0.1) is 11.9 Å². The van der Waals surface area contributed by atoms with Crippen molar-refractivity contribution in [3.8, 4) is 0 Å².